The molecular weight excluding hydrogens is 214 g/mol. The number of aromatic nitrogens is 2. The monoisotopic (exact) mass is 239 g/mol. The van der Waals surface area contributed by atoms with E-state index in [2.05, 4.69) is 35.9 Å². The maximum absolute atomic E-state index is 8.78. The van der Waals surface area contributed by atoms with Crippen LogP contribution in [-0.4, -0.2) is 28.0 Å². The van der Waals surface area contributed by atoms with E-state index in [1.165, 1.54) is 11.3 Å². The van der Waals surface area contributed by atoms with Crippen LogP contribution in [0.15, 0.2) is 0 Å². The molecular formula is C13H25N3O. The van der Waals surface area contributed by atoms with E-state index in [0.29, 0.717) is 0 Å². The first-order chi connectivity index (χ1) is 8.20. The average molecular weight is 239 g/mol. The van der Waals surface area contributed by atoms with Crippen molar-refractivity contribution in [3.8, 4) is 0 Å². The van der Waals surface area contributed by atoms with Gasteiger partial charge in [-0.15, -0.1) is 0 Å². The Hall–Kier alpha value is -0.870. The van der Waals surface area contributed by atoms with Crippen LogP contribution in [0.2, 0.25) is 0 Å². The van der Waals surface area contributed by atoms with Crippen molar-refractivity contribution < 1.29 is 5.11 Å². The van der Waals surface area contributed by atoms with Crippen molar-refractivity contribution in [2.45, 2.75) is 53.1 Å². The molecule has 0 atom stereocenters. The number of unbranched alkanes of at least 4 members (excludes halogenated alkanes) is 1. The van der Waals surface area contributed by atoms with Gasteiger partial charge in [-0.25, -0.2) is 0 Å². The Kier molecular flexibility index (Phi) is 6.22. The van der Waals surface area contributed by atoms with Gasteiger partial charge in [-0.05, 0) is 39.7 Å². The number of hydrogen-bond donors (Lipinski definition) is 2. The fourth-order valence-electron chi connectivity index (χ4n) is 1.97. The van der Waals surface area contributed by atoms with Crippen LogP contribution < -0.4 is 5.32 Å². The van der Waals surface area contributed by atoms with Gasteiger partial charge in [0.25, 0.3) is 0 Å². The molecule has 1 aromatic rings. The van der Waals surface area contributed by atoms with Crippen LogP contribution in [0.5, 0.6) is 0 Å². The minimum Gasteiger partial charge on any atom is -0.396 e. The molecule has 0 aliphatic rings. The molecule has 0 saturated heterocycles. The van der Waals surface area contributed by atoms with E-state index in [-0.39, 0.29) is 6.61 Å². The number of aliphatic hydroxyl groups is 1. The smallest absolute Gasteiger partial charge is 0.0641 e. The Balaban J connectivity index is 2.58. The molecule has 0 fully saturated rings. The number of hydrogen-bond acceptors (Lipinski definition) is 3. The summed E-state index contributed by atoms with van der Waals surface area (Å²) in [5, 5.41) is 16.8. The van der Waals surface area contributed by atoms with Crippen molar-refractivity contribution in [3.63, 3.8) is 0 Å². The summed E-state index contributed by atoms with van der Waals surface area (Å²) in [6.07, 6.45) is 2.99. The van der Waals surface area contributed by atoms with Crippen molar-refractivity contribution in [2.24, 2.45) is 0 Å². The van der Waals surface area contributed by atoms with Gasteiger partial charge in [0.15, 0.2) is 0 Å². The van der Waals surface area contributed by atoms with E-state index in [9.17, 15) is 0 Å². The zero-order valence-corrected chi connectivity index (χ0v) is 11.3. The zero-order chi connectivity index (χ0) is 12.7. The SMILES string of the molecule is CCCNCc1c(C)nn(CCCCO)c1C. The number of rotatable bonds is 8. The highest BCUT2D eigenvalue weighted by Crippen LogP contribution is 2.13. The Morgan fingerprint density at radius 1 is 1.29 bits per heavy atom. The van der Waals surface area contributed by atoms with Gasteiger partial charge in [0, 0.05) is 31.0 Å². The van der Waals surface area contributed by atoms with Crippen LogP contribution in [0.3, 0.4) is 0 Å². The highest BCUT2D eigenvalue weighted by atomic mass is 16.2. The Labute approximate surface area is 104 Å². The summed E-state index contributed by atoms with van der Waals surface area (Å²) >= 11 is 0. The van der Waals surface area contributed by atoms with Gasteiger partial charge in [-0.1, -0.05) is 6.92 Å². The van der Waals surface area contributed by atoms with E-state index in [4.69, 9.17) is 5.11 Å². The second kappa shape index (κ2) is 7.45. The third-order valence-corrected chi connectivity index (χ3v) is 3.04. The van der Waals surface area contributed by atoms with Gasteiger partial charge < -0.3 is 10.4 Å². The quantitative estimate of drug-likeness (QED) is 0.680. The molecule has 0 amide bonds. The van der Waals surface area contributed by atoms with Gasteiger partial charge >= 0.3 is 0 Å². The fourth-order valence-corrected chi connectivity index (χ4v) is 1.97. The molecule has 0 spiro atoms. The normalized spacial score (nSPS) is 11.1. The summed E-state index contributed by atoms with van der Waals surface area (Å²) in [7, 11) is 0. The minimum atomic E-state index is 0.268. The van der Waals surface area contributed by atoms with Crippen LogP contribution in [0.1, 0.15) is 43.1 Å². The van der Waals surface area contributed by atoms with Gasteiger partial charge in [-0.2, -0.15) is 5.10 Å². The topological polar surface area (TPSA) is 50.1 Å². The second-order valence-corrected chi connectivity index (χ2v) is 4.48. The van der Waals surface area contributed by atoms with Crippen LogP contribution in [0.4, 0.5) is 0 Å². The first kappa shape index (κ1) is 14.2. The minimum absolute atomic E-state index is 0.268. The Morgan fingerprint density at radius 3 is 2.71 bits per heavy atom. The summed E-state index contributed by atoms with van der Waals surface area (Å²) in [4.78, 5) is 0. The van der Waals surface area contributed by atoms with E-state index >= 15 is 0 Å². The number of nitrogens with one attached hydrogen (secondary N) is 1. The van der Waals surface area contributed by atoms with Gasteiger partial charge in [0.1, 0.15) is 0 Å². The van der Waals surface area contributed by atoms with Crippen LogP contribution in [-0.2, 0) is 13.1 Å². The lowest BCUT2D eigenvalue weighted by Gasteiger charge is -2.05. The molecule has 0 unspecified atom stereocenters. The summed E-state index contributed by atoms with van der Waals surface area (Å²) in [5.41, 5.74) is 3.70. The highest BCUT2D eigenvalue weighted by molar-refractivity contribution is 5.24. The van der Waals surface area contributed by atoms with Crippen molar-refractivity contribution in [1.29, 1.82) is 0 Å². The number of aliphatic hydroxyl groups excluding tert-OH is 1. The standard InChI is InChI=1S/C13H25N3O/c1-4-7-14-10-13-11(2)15-16(12(13)3)8-5-6-9-17/h14,17H,4-10H2,1-3H3. The highest BCUT2D eigenvalue weighted by Gasteiger charge is 2.10. The molecule has 0 aliphatic carbocycles. The maximum atomic E-state index is 8.78. The lowest BCUT2D eigenvalue weighted by Crippen LogP contribution is -2.15. The molecule has 0 radical (unpaired) electrons. The summed E-state index contributed by atoms with van der Waals surface area (Å²) in [6.45, 7) is 9.50. The molecule has 0 aromatic carbocycles. The van der Waals surface area contributed by atoms with Crippen molar-refractivity contribution in [3.05, 3.63) is 17.0 Å². The van der Waals surface area contributed by atoms with E-state index in [1.807, 2.05) is 0 Å². The summed E-state index contributed by atoms with van der Waals surface area (Å²) in [5.74, 6) is 0. The van der Waals surface area contributed by atoms with E-state index in [1.54, 1.807) is 0 Å². The molecule has 0 aliphatic heterocycles. The van der Waals surface area contributed by atoms with Gasteiger partial charge in [-0.3, -0.25) is 4.68 Å². The van der Waals surface area contributed by atoms with E-state index in [0.717, 1.165) is 44.6 Å². The first-order valence-electron chi connectivity index (χ1n) is 6.55. The molecule has 0 saturated carbocycles. The fraction of sp³-hybridized carbons (Fsp3) is 0.769. The molecule has 0 bridgehead atoms. The number of nitrogens with zero attached hydrogens (tertiary/aromatic N) is 2. The third-order valence-electron chi connectivity index (χ3n) is 3.04. The van der Waals surface area contributed by atoms with E-state index < -0.39 is 0 Å². The van der Waals surface area contributed by atoms with Gasteiger partial charge in [0.2, 0.25) is 0 Å². The van der Waals surface area contributed by atoms with Crippen LogP contribution in [0.25, 0.3) is 0 Å². The Morgan fingerprint density at radius 2 is 2.06 bits per heavy atom. The molecule has 17 heavy (non-hydrogen) atoms. The predicted octanol–water partition coefficient (Wildman–Crippen LogP) is 1.77. The molecule has 4 heteroatoms. The first-order valence-corrected chi connectivity index (χ1v) is 6.55. The average Bonchev–Trinajstić information content (AvgIpc) is 2.57. The van der Waals surface area contributed by atoms with Crippen molar-refractivity contribution in [2.75, 3.05) is 13.2 Å². The molecule has 1 rings (SSSR count). The Bertz CT molecular complexity index is 334. The summed E-state index contributed by atoms with van der Waals surface area (Å²) in [6, 6.07) is 0. The largest absolute Gasteiger partial charge is 0.396 e. The van der Waals surface area contributed by atoms with Crippen molar-refractivity contribution in [1.82, 2.24) is 15.1 Å². The lowest BCUT2D eigenvalue weighted by atomic mass is 10.2. The lowest BCUT2D eigenvalue weighted by molar-refractivity contribution is 0.280. The maximum Gasteiger partial charge on any atom is 0.0641 e. The molecule has 2 N–H and O–H groups in total. The van der Waals surface area contributed by atoms with Crippen LogP contribution in [0, 0.1) is 13.8 Å². The van der Waals surface area contributed by atoms with Crippen molar-refractivity contribution >= 4 is 0 Å². The molecule has 98 valence electrons. The second-order valence-electron chi connectivity index (χ2n) is 4.48. The number of aryl methyl sites for hydroxylation is 2. The summed E-state index contributed by atoms with van der Waals surface area (Å²) < 4.78 is 2.06. The molecule has 4 nitrogen and oxygen atoms in total. The third kappa shape index (κ3) is 4.13. The zero-order valence-electron chi connectivity index (χ0n) is 11.3. The predicted molar refractivity (Wildman–Crippen MR) is 70.0 cm³/mol. The van der Waals surface area contributed by atoms with Gasteiger partial charge in [0.05, 0.1) is 5.69 Å². The molecule has 1 aromatic heterocycles. The molecule has 1 heterocycles. The van der Waals surface area contributed by atoms with Crippen LogP contribution >= 0.6 is 0 Å².